The van der Waals surface area contributed by atoms with Gasteiger partial charge < -0.3 is 21.1 Å². The predicted molar refractivity (Wildman–Crippen MR) is 99.1 cm³/mol. The van der Waals surface area contributed by atoms with Crippen molar-refractivity contribution in [1.29, 1.82) is 0 Å². The van der Waals surface area contributed by atoms with E-state index in [2.05, 4.69) is 20.6 Å². The number of nitro groups is 1. The lowest BCUT2D eigenvalue weighted by Gasteiger charge is -2.11. The standard InChI is InChI=1S/C17H15FN6O3/c1-27-13-7-3-6-12(9-13)21-17-22-15(19)14(24(25)26)16(23-17)20-11-5-2-4-10(18)8-11/h2-9H,1H3,(H4,19,20,21,22,23). The third kappa shape index (κ3) is 4.18. The van der Waals surface area contributed by atoms with Crippen LogP contribution in [0.4, 0.5) is 39.0 Å². The van der Waals surface area contributed by atoms with Crippen LogP contribution in [-0.2, 0) is 0 Å². The minimum Gasteiger partial charge on any atom is -0.497 e. The van der Waals surface area contributed by atoms with Crippen molar-refractivity contribution < 1.29 is 14.1 Å². The lowest BCUT2D eigenvalue weighted by Crippen LogP contribution is -2.08. The zero-order valence-corrected chi connectivity index (χ0v) is 14.1. The molecule has 0 unspecified atom stereocenters. The Balaban J connectivity index is 1.98. The summed E-state index contributed by atoms with van der Waals surface area (Å²) in [5.74, 6) is -0.361. The Bertz CT molecular complexity index is 998. The summed E-state index contributed by atoms with van der Waals surface area (Å²) < 4.78 is 18.5. The number of hydrogen-bond donors (Lipinski definition) is 3. The summed E-state index contributed by atoms with van der Waals surface area (Å²) in [6.07, 6.45) is 0. The molecule has 10 heteroatoms. The van der Waals surface area contributed by atoms with E-state index in [1.165, 1.54) is 25.3 Å². The molecule has 0 saturated carbocycles. The van der Waals surface area contributed by atoms with Crippen molar-refractivity contribution in [3.63, 3.8) is 0 Å². The van der Waals surface area contributed by atoms with Crippen molar-refractivity contribution >= 4 is 34.6 Å². The summed E-state index contributed by atoms with van der Waals surface area (Å²) >= 11 is 0. The molecule has 9 nitrogen and oxygen atoms in total. The first-order valence-corrected chi connectivity index (χ1v) is 7.72. The predicted octanol–water partition coefficient (Wildman–Crippen LogP) is 3.60. The van der Waals surface area contributed by atoms with Crippen LogP contribution in [0.3, 0.4) is 0 Å². The molecule has 0 saturated heterocycles. The molecule has 0 fully saturated rings. The van der Waals surface area contributed by atoms with Gasteiger partial charge in [-0.3, -0.25) is 10.1 Å². The molecule has 1 aromatic heterocycles. The molecular formula is C17H15FN6O3. The summed E-state index contributed by atoms with van der Waals surface area (Å²) in [5.41, 5.74) is 6.12. The zero-order chi connectivity index (χ0) is 19.4. The second kappa shape index (κ2) is 7.52. The van der Waals surface area contributed by atoms with Gasteiger partial charge in [0.1, 0.15) is 11.6 Å². The van der Waals surface area contributed by atoms with Crippen LogP contribution in [0.5, 0.6) is 5.75 Å². The van der Waals surface area contributed by atoms with Crippen molar-refractivity contribution in [3.8, 4) is 5.75 Å². The quantitative estimate of drug-likeness (QED) is 0.443. The summed E-state index contributed by atoms with van der Waals surface area (Å²) in [6, 6.07) is 12.4. The molecule has 0 aliphatic carbocycles. The number of methoxy groups -OCH3 is 1. The van der Waals surface area contributed by atoms with Gasteiger partial charge in [-0.1, -0.05) is 12.1 Å². The van der Waals surface area contributed by atoms with Crippen LogP contribution in [0, 0.1) is 15.9 Å². The van der Waals surface area contributed by atoms with Crippen LogP contribution in [0.1, 0.15) is 0 Å². The fraction of sp³-hybridized carbons (Fsp3) is 0.0588. The molecule has 0 aliphatic rings. The number of nitrogens with one attached hydrogen (secondary N) is 2. The van der Waals surface area contributed by atoms with E-state index in [1.54, 1.807) is 30.3 Å². The largest absolute Gasteiger partial charge is 0.497 e. The van der Waals surface area contributed by atoms with Crippen LogP contribution < -0.4 is 21.1 Å². The number of rotatable bonds is 6. The first-order valence-electron chi connectivity index (χ1n) is 7.72. The number of benzene rings is 2. The lowest BCUT2D eigenvalue weighted by atomic mass is 10.3. The minimum absolute atomic E-state index is 0.0326. The van der Waals surface area contributed by atoms with E-state index >= 15 is 0 Å². The van der Waals surface area contributed by atoms with Gasteiger partial charge in [0.15, 0.2) is 0 Å². The number of nitrogen functional groups attached to an aromatic ring is 1. The monoisotopic (exact) mass is 370 g/mol. The Kier molecular flexibility index (Phi) is 4.97. The number of nitrogens with two attached hydrogens (primary N) is 1. The average Bonchev–Trinajstić information content (AvgIpc) is 2.61. The third-order valence-corrected chi connectivity index (χ3v) is 3.51. The number of anilines is 5. The third-order valence-electron chi connectivity index (χ3n) is 3.51. The second-order valence-electron chi connectivity index (χ2n) is 5.38. The molecule has 0 spiro atoms. The normalized spacial score (nSPS) is 10.3. The molecule has 4 N–H and O–H groups in total. The van der Waals surface area contributed by atoms with Crippen molar-refractivity contribution in [1.82, 2.24) is 9.97 Å². The van der Waals surface area contributed by atoms with Gasteiger partial charge in [0.25, 0.3) is 0 Å². The van der Waals surface area contributed by atoms with Gasteiger partial charge in [0, 0.05) is 17.4 Å². The van der Waals surface area contributed by atoms with Crippen LogP contribution in [0.25, 0.3) is 0 Å². The Morgan fingerprint density at radius 3 is 2.48 bits per heavy atom. The van der Waals surface area contributed by atoms with Crippen molar-refractivity contribution in [3.05, 3.63) is 64.5 Å². The maximum atomic E-state index is 13.4. The number of ether oxygens (including phenoxy) is 1. The molecule has 138 valence electrons. The maximum absolute atomic E-state index is 13.4. The van der Waals surface area contributed by atoms with Gasteiger partial charge in [0.05, 0.1) is 12.0 Å². The van der Waals surface area contributed by atoms with E-state index in [0.717, 1.165) is 0 Å². The van der Waals surface area contributed by atoms with Crippen molar-refractivity contribution in [2.24, 2.45) is 0 Å². The zero-order valence-electron chi connectivity index (χ0n) is 14.1. The van der Waals surface area contributed by atoms with E-state index in [-0.39, 0.29) is 23.3 Å². The van der Waals surface area contributed by atoms with Gasteiger partial charge in [-0.25, -0.2) is 4.39 Å². The molecule has 1 heterocycles. The molecule has 0 atom stereocenters. The number of hydrogen-bond acceptors (Lipinski definition) is 8. The SMILES string of the molecule is COc1cccc(Nc2nc(N)c([N+](=O)[O-])c(Nc3cccc(F)c3)n2)c1. The summed E-state index contributed by atoms with van der Waals surface area (Å²) in [6.45, 7) is 0. The first-order chi connectivity index (χ1) is 13.0. The van der Waals surface area contributed by atoms with Crippen LogP contribution >= 0.6 is 0 Å². The molecule has 2 aromatic carbocycles. The number of nitrogens with zero attached hydrogens (tertiary/aromatic N) is 3. The van der Waals surface area contributed by atoms with Crippen molar-refractivity contribution in [2.45, 2.75) is 0 Å². The van der Waals surface area contributed by atoms with Crippen LogP contribution in [0.2, 0.25) is 0 Å². The van der Waals surface area contributed by atoms with E-state index in [4.69, 9.17) is 10.5 Å². The summed E-state index contributed by atoms with van der Waals surface area (Å²) in [7, 11) is 1.53. The lowest BCUT2D eigenvalue weighted by molar-refractivity contribution is -0.383. The number of aromatic nitrogens is 2. The van der Waals surface area contributed by atoms with Crippen LogP contribution in [0.15, 0.2) is 48.5 Å². The molecule has 3 rings (SSSR count). The number of halogens is 1. The van der Waals surface area contributed by atoms with E-state index < -0.39 is 16.4 Å². The molecule has 3 aromatic rings. The highest BCUT2D eigenvalue weighted by Crippen LogP contribution is 2.32. The molecule has 0 bridgehead atoms. The Morgan fingerprint density at radius 2 is 1.81 bits per heavy atom. The second-order valence-corrected chi connectivity index (χ2v) is 5.38. The maximum Gasteiger partial charge on any atom is 0.353 e. The van der Waals surface area contributed by atoms with Gasteiger partial charge in [-0.05, 0) is 30.3 Å². The van der Waals surface area contributed by atoms with Crippen molar-refractivity contribution in [2.75, 3.05) is 23.5 Å². The summed E-state index contributed by atoms with van der Waals surface area (Å²) in [5, 5.41) is 17.0. The highest BCUT2D eigenvalue weighted by molar-refractivity contribution is 5.75. The molecule has 0 radical (unpaired) electrons. The van der Waals surface area contributed by atoms with Gasteiger partial charge in [0.2, 0.25) is 17.6 Å². The highest BCUT2D eigenvalue weighted by atomic mass is 19.1. The smallest absolute Gasteiger partial charge is 0.353 e. The van der Waals surface area contributed by atoms with Gasteiger partial charge in [-0.2, -0.15) is 9.97 Å². The Labute approximate surface area is 153 Å². The topological polar surface area (TPSA) is 128 Å². The minimum atomic E-state index is -0.702. The fourth-order valence-electron chi connectivity index (χ4n) is 2.33. The average molecular weight is 370 g/mol. The van der Waals surface area contributed by atoms with Gasteiger partial charge in [-0.15, -0.1) is 0 Å². The van der Waals surface area contributed by atoms with E-state index in [9.17, 15) is 14.5 Å². The molecule has 0 amide bonds. The Morgan fingerprint density at radius 1 is 1.11 bits per heavy atom. The molecular weight excluding hydrogens is 355 g/mol. The molecule has 0 aliphatic heterocycles. The van der Waals surface area contributed by atoms with E-state index in [0.29, 0.717) is 11.4 Å². The molecule has 27 heavy (non-hydrogen) atoms. The van der Waals surface area contributed by atoms with Gasteiger partial charge >= 0.3 is 5.69 Å². The van der Waals surface area contributed by atoms with Crippen LogP contribution in [-0.4, -0.2) is 22.0 Å². The highest BCUT2D eigenvalue weighted by Gasteiger charge is 2.23. The first kappa shape index (κ1) is 17.9. The fourth-order valence-corrected chi connectivity index (χ4v) is 2.33. The summed E-state index contributed by atoms with van der Waals surface area (Å²) in [4.78, 5) is 18.7. The van der Waals surface area contributed by atoms with E-state index in [1.807, 2.05) is 0 Å². The Hall–Kier alpha value is -3.95.